The van der Waals surface area contributed by atoms with Crippen LogP contribution in [0.5, 0.6) is 5.75 Å². The number of methoxy groups -OCH3 is 1. The summed E-state index contributed by atoms with van der Waals surface area (Å²) in [4.78, 5) is 0. The second kappa shape index (κ2) is 4.46. The van der Waals surface area contributed by atoms with Gasteiger partial charge >= 0.3 is 0 Å². The zero-order valence-electron chi connectivity index (χ0n) is 10.4. The third-order valence-electron chi connectivity index (χ3n) is 3.46. The van der Waals surface area contributed by atoms with Crippen molar-refractivity contribution < 1.29 is 9.84 Å². The fraction of sp³-hybridized carbons (Fsp3) is 0.357. The van der Waals surface area contributed by atoms with E-state index in [1.54, 1.807) is 7.11 Å². The van der Waals surface area contributed by atoms with E-state index >= 15 is 0 Å². The minimum Gasteiger partial charge on any atom is -0.497 e. The first-order valence-corrected chi connectivity index (χ1v) is 6.16. The van der Waals surface area contributed by atoms with Crippen molar-refractivity contribution in [2.24, 2.45) is 0 Å². The van der Waals surface area contributed by atoms with Crippen molar-refractivity contribution in [1.29, 1.82) is 0 Å². The predicted molar refractivity (Wildman–Crippen MR) is 68.7 cm³/mol. The fourth-order valence-electron chi connectivity index (χ4n) is 2.59. The summed E-state index contributed by atoms with van der Waals surface area (Å²) in [5, 5.41) is 13.4. The van der Waals surface area contributed by atoms with Crippen LogP contribution in [0.15, 0.2) is 24.4 Å². The molecule has 1 aromatic heterocycles. The molecule has 0 fully saturated rings. The highest BCUT2D eigenvalue weighted by molar-refractivity contribution is 5.70. The summed E-state index contributed by atoms with van der Waals surface area (Å²) in [5.41, 5.74) is 4.92. The van der Waals surface area contributed by atoms with Crippen molar-refractivity contribution in [1.82, 2.24) is 9.78 Å². The Kier molecular flexibility index (Phi) is 2.80. The van der Waals surface area contributed by atoms with E-state index in [0.717, 1.165) is 24.3 Å². The quantitative estimate of drug-likeness (QED) is 0.893. The van der Waals surface area contributed by atoms with Gasteiger partial charge < -0.3 is 9.84 Å². The zero-order chi connectivity index (χ0) is 12.5. The van der Waals surface area contributed by atoms with Gasteiger partial charge in [-0.2, -0.15) is 5.10 Å². The molecule has 94 valence electrons. The van der Waals surface area contributed by atoms with E-state index < -0.39 is 0 Å². The molecule has 0 aliphatic heterocycles. The lowest BCUT2D eigenvalue weighted by Crippen LogP contribution is -2.10. The van der Waals surface area contributed by atoms with Gasteiger partial charge in [0.15, 0.2) is 0 Å². The van der Waals surface area contributed by atoms with Crippen LogP contribution >= 0.6 is 0 Å². The molecule has 0 amide bonds. The van der Waals surface area contributed by atoms with Gasteiger partial charge in [-0.15, -0.1) is 0 Å². The lowest BCUT2D eigenvalue weighted by atomic mass is 9.90. The highest BCUT2D eigenvalue weighted by Crippen LogP contribution is 2.35. The lowest BCUT2D eigenvalue weighted by molar-refractivity contribution is 0.270. The Hall–Kier alpha value is -1.81. The number of fused-ring (bicyclic) bond motifs is 3. The monoisotopic (exact) mass is 244 g/mol. The number of rotatable bonds is 3. The van der Waals surface area contributed by atoms with Crippen molar-refractivity contribution in [2.75, 3.05) is 13.7 Å². The number of hydrogen-bond acceptors (Lipinski definition) is 3. The summed E-state index contributed by atoms with van der Waals surface area (Å²) in [6.45, 7) is 0.653. The Bertz CT molecular complexity index is 575. The second-order valence-corrected chi connectivity index (χ2v) is 4.49. The summed E-state index contributed by atoms with van der Waals surface area (Å²) >= 11 is 0. The second-order valence-electron chi connectivity index (χ2n) is 4.49. The number of benzene rings is 1. The molecule has 1 aromatic carbocycles. The predicted octanol–water partition coefficient (Wildman–Crippen LogP) is 1.65. The van der Waals surface area contributed by atoms with E-state index in [2.05, 4.69) is 17.2 Å². The maximum Gasteiger partial charge on any atom is 0.119 e. The maximum atomic E-state index is 9.09. The molecule has 0 atom stereocenters. The number of aromatic nitrogens is 2. The van der Waals surface area contributed by atoms with Crippen LogP contribution in [0, 0.1) is 0 Å². The smallest absolute Gasteiger partial charge is 0.119 e. The largest absolute Gasteiger partial charge is 0.497 e. The Morgan fingerprint density at radius 2 is 2.17 bits per heavy atom. The summed E-state index contributed by atoms with van der Waals surface area (Å²) in [5.74, 6) is 0.894. The first-order chi connectivity index (χ1) is 8.83. The molecule has 3 rings (SSSR count). The first-order valence-electron chi connectivity index (χ1n) is 6.16. The van der Waals surface area contributed by atoms with E-state index in [9.17, 15) is 0 Å². The summed E-state index contributed by atoms with van der Waals surface area (Å²) in [6.07, 6.45) is 3.93. The molecule has 0 saturated carbocycles. The van der Waals surface area contributed by atoms with Crippen molar-refractivity contribution in [3.63, 3.8) is 0 Å². The topological polar surface area (TPSA) is 47.3 Å². The average molecular weight is 244 g/mol. The molecular formula is C14H16N2O2. The van der Waals surface area contributed by atoms with Gasteiger partial charge in [0.2, 0.25) is 0 Å². The van der Waals surface area contributed by atoms with E-state index in [0.29, 0.717) is 6.54 Å². The van der Waals surface area contributed by atoms with Crippen LogP contribution in [-0.2, 0) is 19.4 Å². The van der Waals surface area contributed by atoms with Gasteiger partial charge in [0, 0.05) is 5.56 Å². The van der Waals surface area contributed by atoms with Crippen LogP contribution < -0.4 is 4.74 Å². The molecule has 1 aliphatic rings. The maximum absolute atomic E-state index is 9.09. The fourth-order valence-corrected chi connectivity index (χ4v) is 2.59. The number of aliphatic hydroxyl groups excluding tert-OH is 1. The molecule has 1 heterocycles. The SMILES string of the molecule is COc1ccc2c(c1)CCc1cnn(CCO)c1-2. The minimum atomic E-state index is 0.111. The van der Waals surface area contributed by atoms with Gasteiger partial charge in [0.25, 0.3) is 0 Å². The van der Waals surface area contributed by atoms with Gasteiger partial charge in [0.1, 0.15) is 5.75 Å². The van der Waals surface area contributed by atoms with E-state index in [1.807, 2.05) is 16.9 Å². The van der Waals surface area contributed by atoms with Gasteiger partial charge in [0.05, 0.1) is 32.2 Å². The van der Waals surface area contributed by atoms with Crippen molar-refractivity contribution in [2.45, 2.75) is 19.4 Å². The summed E-state index contributed by atoms with van der Waals surface area (Å²) in [7, 11) is 1.69. The van der Waals surface area contributed by atoms with Gasteiger partial charge in [-0.3, -0.25) is 4.68 Å². The third-order valence-corrected chi connectivity index (χ3v) is 3.46. The Morgan fingerprint density at radius 1 is 1.33 bits per heavy atom. The lowest BCUT2D eigenvalue weighted by Gasteiger charge is -2.19. The zero-order valence-corrected chi connectivity index (χ0v) is 10.4. The van der Waals surface area contributed by atoms with Crippen molar-refractivity contribution >= 4 is 0 Å². The van der Waals surface area contributed by atoms with Crippen LogP contribution in [0.25, 0.3) is 11.3 Å². The number of hydrogen-bond donors (Lipinski definition) is 1. The van der Waals surface area contributed by atoms with Gasteiger partial charge in [-0.05, 0) is 42.2 Å². The average Bonchev–Trinajstić information content (AvgIpc) is 2.82. The summed E-state index contributed by atoms with van der Waals surface area (Å²) < 4.78 is 7.15. The molecule has 4 nitrogen and oxygen atoms in total. The Morgan fingerprint density at radius 3 is 2.94 bits per heavy atom. The normalized spacial score (nSPS) is 13.0. The highest BCUT2D eigenvalue weighted by atomic mass is 16.5. The van der Waals surface area contributed by atoms with E-state index in [4.69, 9.17) is 9.84 Å². The Labute approximate surface area is 106 Å². The van der Waals surface area contributed by atoms with Crippen LogP contribution in [0.2, 0.25) is 0 Å². The molecule has 4 heteroatoms. The number of nitrogens with zero attached hydrogens (tertiary/aromatic N) is 2. The number of aryl methyl sites for hydroxylation is 2. The van der Waals surface area contributed by atoms with Gasteiger partial charge in [-0.1, -0.05) is 0 Å². The van der Waals surface area contributed by atoms with Crippen LogP contribution in [0.3, 0.4) is 0 Å². The van der Waals surface area contributed by atoms with Crippen LogP contribution in [0.1, 0.15) is 11.1 Å². The molecule has 1 aliphatic carbocycles. The van der Waals surface area contributed by atoms with Crippen LogP contribution in [-0.4, -0.2) is 28.6 Å². The van der Waals surface area contributed by atoms with E-state index in [-0.39, 0.29) is 6.61 Å². The molecule has 0 radical (unpaired) electrons. The molecule has 0 unspecified atom stereocenters. The molecule has 0 saturated heterocycles. The standard InChI is InChI=1S/C14H16N2O2/c1-18-12-4-5-13-10(8-12)2-3-11-9-15-16(6-7-17)14(11)13/h4-5,8-9,17H,2-3,6-7H2,1H3. The highest BCUT2D eigenvalue weighted by Gasteiger charge is 2.21. The third kappa shape index (κ3) is 1.69. The summed E-state index contributed by atoms with van der Waals surface area (Å²) in [6, 6.07) is 6.15. The minimum absolute atomic E-state index is 0.111. The molecule has 2 aromatic rings. The Balaban J connectivity index is 2.12. The molecule has 0 spiro atoms. The van der Waals surface area contributed by atoms with Crippen molar-refractivity contribution in [3.05, 3.63) is 35.5 Å². The number of ether oxygens (including phenoxy) is 1. The molecule has 0 bridgehead atoms. The van der Waals surface area contributed by atoms with Crippen LogP contribution in [0.4, 0.5) is 0 Å². The van der Waals surface area contributed by atoms with E-state index in [1.165, 1.54) is 16.7 Å². The van der Waals surface area contributed by atoms with Crippen molar-refractivity contribution in [3.8, 4) is 17.0 Å². The van der Waals surface area contributed by atoms with Gasteiger partial charge in [-0.25, -0.2) is 0 Å². The molecule has 1 N–H and O–H groups in total. The number of aliphatic hydroxyl groups is 1. The first kappa shape index (κ1) is 11.3. The molecular weight excluding hydrogens is 228 g/mol. The molecule has 18 heavy (non-hydrogen) atoms.